The SMILES string of the molecule is NCc1cccc(-c2cn(CC(=O)N3C[C@H](F)C[C@H]3C(=O)NCc3cccc(Cl)c3F)c3ncnc(N)c23)c1. The van der Waals surface area contributed by atoms with Gasteiger partial charge in [-0.1, -0.05) is 41.9 Å². The maximum atomic E-state index is 14.5. The molecule has 0 radical (unpaired) electrons. The van der Waals surface area contributed by atoms with E-state index in [0.717, 1.165) is 11.1 Å². The Hall–Kier alpha value is -4.09. The number of amides is 2. The molecule has 0 bridgehead atoms. The Morgan fingerprint density at radius 3 is 2.77 bits per heavy atom. The third-order valence-corrected chi connectivity index (χ3v) is 7.11. The second-order valence-electron chi connectivity index (χ2n) is 9.36. The number of benzene rings is 2. The topological polar surface area (TPSA) is 132 Å². The van der Waals surface area contributed by atoms with Gasteiger partial charge >= 0.3 is 0 Å². The number of nitrogen functional groups attached to an aromatic ring is 1. The molecule has 2 aromatic heterocycles. The van der Waals surface area contributed by atoms with Crippen LogP contribution in [0.2, 0.25) is 5.02 Å². The average Bonchev–Trinajstić information content (AvgIpc) is 3.51. The summed E-state index contributed by atoms with van der Waals surface area (Å²) in [5.74, 6) is -1.45. The third-order valence-electron chi connectivity index (χ3n) is 6.82. The highest BCUT2D eigenvalue weighted by molar-refractivity contribution is 6.30. The van der Waals surface area contributed by atoms with Crippen molar-refractivity contribution in [2.24, 2.45) is 5.73 Å². The first-order chi connectivity index (χ1) is 18.8. The van der Waals surface area contributed by atoms with Crippen LogP contribution in [0.1, 0.15) is 17.5 Å². The molecule has 2 aromatic carbocycles. The van der Waals surface area contributed by atoms with Gasteiger partial charge in [0.25, 0.3) is 0 Å². The lowest BCUT2D eigenvalue weighted by Gasteiger charge is -2.24. The fourth-order valence-electron chi connectivity index (χ4n) is 4.88. The van der Waals surface area contributed by atoms with E-state index in [0.29, 0.717) is 23.1 Å². The van der Waals surface area contributed by atoms with Gasteiger partial charge in [-0.05, 0) is 23.3 Å². The predicted octanol–water partition coefficient (Wildman–Crippen LogP) is 3.19. The molecule has 39 heavy (non-hydrogen) atoms. The molecule has 3 heterocycles. The first kappa shape index (κ1) is 26.5. The van der Waals surface area contributed by atoms with Gasteiger partial charge in [-0.2, -0.15) is 0 Å². The van der Waals surface area contributed by atoms with Crippen LogP contribution in [0.15, 0.2) is 55.0 Å². The van der Waals surface area contributed by atoms with Crippen molar-refractivity contribution in [3.63, 3.8) is 0 Å². The highest BCUT2D eigenvalue weighted by atomic mass is 35.5. The van der Waals surface area contributed by atoms with Gasteiger partial charge in [0.1, 0.15) is 42.4 Å². The molecule has 9 nitrogen and oxygen atoms in total. The maximum Gasteiger partial charge on any atom is 0.243 e. The molecule has 0 aliphatic carbocycles. The number of carbonyl (C=O) groups excluding carboxylic acids is 2. The normalized spacial score (nSPS) is 17.1. The Labute approximate surface area is 227 Å². The van der Waals surface area contributed by atoms with Crippen molar-refractivity contribution in [2.75, 3.05) is 12.3 Å². The van der Waals surface area contributed by atoms with E-state index in [-0.39, 0.29) is 42.5 Å². The van der Waals surface area contributed by atoms with Crippen LogP contribution in [0.4, 0.5) is 14.6 Å². The summed E-state index contributed by atoms with van der Waals surface area (Å²) in [6.45, 7) is -0.235. The van der Waals surface area contributed by atoms with Crippen molar-refractivity contribution >= 4 is 40.3 Å². The van der Waals surface area contributed by atoms with Crippen LogP contribution in [0.25, 0.3) is 22.2 Å². The summed E-state index contributed by atoms with van der Waals surface area (Å²) in [7, 11) is 0. The number of halogens is 3. The minimum Gasteiger partial charge on any atom is -0.383 e. The maximum absolute atomic E-state index is 14.5. The summed E-state index contributed by atoms with van der Waals surface area (Å²) < 4.78 is 30.3. The third kappa shape index (κ3) is 5.27. The number of nitrogens with two attached hydrogens (primary N) is 2. The lowest BCUT2D eigenvalue weighted by molar-refractivity contribution is -0.139. The largest absolute Gasteiger partial charge is 0.383 e. The Kier molecular flexibility index (Phi) is 7.45. The number of hydrogen-bond donors (Lipinski definition) is 3. The lowest BCUT2D eigenvalue weighted by Crippen LogP contribution is -2.46. The van der Waals surface area contributed by atoms with Crippen LogP contribution in [0.5, 0.6) is 0 Å². The van der Waals surface area contributed by atoms with Crippen molar-refractivity contribution in [2.45, 2.75) is 38.3 Å². The van der Waals surface area contributed by atoms with Crippen molar-refractivity contribution in [1.82, 2.24) is 24.8 Å². The quantitative estimate of drug-likeness (QED) is 0.322. The number of nitrogens with one attached hydrogen (secondary N) is 1. The molecular formula is C27H26ClF2N7O2. The highest BCUT2D eigenvalue weighted by Gasteiger charge is 2.40. The molecule has 2 atom stereocenters. The number of anilines is 1. The number of fused-ring (bicyclic) bond motifs is 1. The molecule has 2 amide bonds. The number of likely N-dealkylation sites (tertiary alicyclic amines) is 1. The van der Waals surface area contributed by atoms with E-state index in [1.165, 1.54) is 23.4 Å². The van der Waals surface area contributed by atoms with Crippen LogP contribution in [-0.2, 0) is 29.2 Å². The van der Waals surface area contributed by atoms with Gasteiger partial charge in [0.2, 0.25) is 11.8 Å². The fourth-order valence-corrected chi connectivity index (χ4v) is 5.08. The summed E-state index contributed by atoms with van der Waals surface area (Å²) in [6.07, 6.45) is 1.51. The second-order valence-corrected chi connectivity index (χ2v) is 9.77. The Morgan fingerprint density at radius 2 is 1.97 bits per heavy atom. The van der Waals surface area contributed by atoms with E-state index < -0.39 is 29.8 Å². The van der Waals surface area contributed by atoms with Crippen LogP contribution in [0, 0.1) is 5.82 Å². The minimum absolute atomic E-state index is 0.0687. The molecule has 1 fully saturated rings. The predicted molar refractivity (Wildman–Crippen MR) is 144 cm³/mol. The summed E-state index contributed by atoms with van der Waals surface area (Å²) in [5, 5.41) is 3.10. The van der Waals surface area contributed by atoms with E-state index in [1.807, 2.05) is 24.3 Å². The molecule has 12 heteroatoms. The number of alkyl halides is 1. The zero-order valence-corrected chi connectivity index (χ0v) is 21.5. The van der Waals surface area contributed by atoms with Gasteiger partial charge in [-0.15, -0.1) is 0 Å². The Balaban J connectivity index is 1.39. The second kappa shape index (κ2) is 11.0. The first-order valence-electron chi connectivity index (χ1n) is 12.3. The van der Waals surface area contributed by atoms with Crippen LogP contribution in [-0.4, -0.2) is 50.0 Å². The lowest BCUT2D eigenvalue weighted by atomic mass is 10.0. The fraction of sp³-hybridized carbons (Fsp3) is 0.259. The van der Waals surface area contributed by atoms with Crippen LogP contribution < -0.4 is 16.8 Å². The molecule has 1 aliphatic rings. The number of hydrogen-bond acceptors (Lipinski definition) is 6. The van der Waals surface area contributed by atoms with E-state index in [4.69, 9.17) is 23.1 Å². The molecule has 5 rings (SSSR count). The highest BCUT2D eigenvalue weighted by Crippen LogP contribution is 2.33. The van der Waals surface area contributed by atoms with E-state index in [9.17, 15) is 18.4 Å². The molecule has 0 saturated carbocycles. The first-order valence-corrected chi connectivity index (χ1v) is 12.7. The number of rotatable bonds is 7. The number of nitrogens with zero attached hydrogens (tertiary/aromatic N) is 4. The smallest absolute Gasteiger partial charge is 0.243 e. The molecule has 1 aliphatic heterocycles. The molecular weight excluding hydrogens is 528 g/mol. The van der Waals surface area contributed by atoms with Gasteiger partial charge in [-0.25, -0.2) is 18.7 Å². The number of carbonyl (C=O) groups is 2. The van der Waals surface area contributed by atoms with Crippen molar-refractivity contribution in [1.29, 1.82) is 0 Å². The van der Waals surface area contributed by atoms with Crippen molar-refractivity contribution < 1.29 is 18.4 Å². The van der Waals surface area contributed by atoms with Gasteiger partial charge in [0.15, 0.2) is 0 Å². The Morgan fingerprint density at radius 1 is 1.18 bits per heavy atom. The van der Waals surface area contributed by atoms with Crippen LogP contribution in [0.3, 0.4) is 0 Å². The minimum atomic E-state index is -1.37. The number of aromatic nitrogens is 3. The summed E-state index contributed by atoms with van der Waals surface area (Å²) >= 11 is 5.81. The van der Waals surface area contributed by atoms with E-state index in [2.05, 4.69) is 15.3 Å². The van der Waals surface area contributed by atoms with Gasteiger partial charge in [-0.3, -0.25) is 9.59 Å². The van der Waals surface area contributed by atoms with Gasteiger partial charge < -0.3 is 26.3 Å². The van der Waals surface area contributed by atoms with E-state index in [1.54, 1.807) is 16.8 Å². The average molecular weight is 554 g/mol. The molecule has 5 N–H and O–H groups in total. The van der Waals surface area contributed by atoms with E-state index >= 15 is 0 Å². The standard InChI is InChI=1S/C27H26ClF2N7O2/c28-20-6-2-5-17(24(20)30)10-33-27(39)21-8-18(29)11-37(21)22(38)13-36-12-19(16-4-1-3-15(7-16)9-31)23-25(32)34-14-35-26(23)36/h1-7,12,14,18,21H,8-11,13,31H2,(H,33,39)(H2,32,34,35)/t18-,21+/m1/s1. The molecule has 0 spiro atoms. The Bertz CT molecular complexity index is 1560. The van der Waals surface area contributed by atoms with Crippen molar-refractivity contribution in [3.8, 4) is 11.1 Å². The molecule has 1 saturated heterocycles. The molecule has 202 valence electrons. The summed E-state index contributed by atoms with van der Waals surface area (Å²) in [5.41, 5.74) is 15.1. The van der Waals surface area contributed by atoms with Gasteiger partial charge in [0.05, 0.1) is 17.0 Å². The monoisotopic (exact) mass is 553 g/mol. The van der Waals surface area contributed by atoms with Gasteiger partial charge in [0, 0.05) is 36.8 Å². The van der Waals surface area contributed by atoms with Crippen LogP contribution >= 0.6 is 11.6 Å². The summed E-state index contributed by atoms with van der Waals surface area (Å²) in [6, 6.07) is 11.0. The molecule has 4 aromatic rings. The molecule has 0 unspecified atom stereocenters. The zero-order chi connectivity index (χ0) is 27.7. The van der Waals surface area contributed by atoms with Crippen molar-refractivity contribution in [3.05, 3.63) is 77.0 Å². The summed E-state index contributed by atoms with van der Waals surface area (Å²) in [4.78, 5) is 36.0. The zero-order valence-electron chi connectivity index (χ0n) is 20.8.